The van der Waals surface area contributed by atoms with Gasteiger partial charge in [-0.05, 0) is 71.1 Å². The van der Waals surface area contributed by atoms with Gasteiger partial charge in [-0.3, -0.25) is 0 Å². The zero-order chi connectivity index (χ0) is 24.1. The van der Waals surface area contributed by atoms with Gasteiger partial charge < -0.3 is 9.47 Å². The fraction of sp³-hybridized carbons (Fsp3) is 0.259. The molecule has 0 spiro atoms. The molecule has 0 aliphatic carbocycles. The maximum Gasteiger partial charge on any atom is 0.200 e. The van der Waals surface area contributed by atoms with Gasteiger partial charge in [0.05, 0.1) is 5.52 Å². The number of nitrogens with zero attached hydrogens (tertiary/aromatic N) is 7. The lowest BCUT2D eigenvalue weighted by Gasteiger charge is -2.31. The second kappa shape index (κ2) is 8.50. The Morgan fingerprint density at radius 1 is 1.00 bits per heavy atom. The fourth-order valence-electron chi connectivity index (χ4n) is 5.12. The molecule has 0 bridgehead atoms. The largest absolute Gasteiger partial charge is 0.350 e. The Labute approximate surface area is 209 Å². The third-order valence-electron chi connectivity index (χ3n) is 7.10. The molecule has 0 unspecified atom stereocenters. The molecule has 0 saturated heterocycles. The molecule has 8 heteroatoms. The van der Waals surface area contributed by atoms with Crippen LogP contribution in [0.2, 0.25) is 5.02 Å². The number of fused-ring (bicyclic) bond motifs is 2. The summed E-state index contributed by atoms with van der Waals surface area (Å²) in [6.07, 6.45) is 0.988. The van der Waals surface area contributed by atoms with Gasteiger partial charge in [-0.2, -0.15) is 0 Å². The van der Waals surface area contributed by atoms with Gasteiger partial charge in [-0.25, -0.2) is 9.67 Å². The number of hydrogen-bond acceptors (Lipinski definition) is 5. The highest BCUT2D eigenvalue weighted by molar-refractivity contribution is 6.30. The predicted molar refractivity (Wildman–Crippen MR) is 139 cm³/mol. The molecule has 0 saturated carbocycles. The van der Waals surface area contributed by atoms with Crippen molar-refractivity contribution in [3.63, 3.8) is 0 Å². The van der Waals surface area contributed by atoms with Crippen LogP contribution in [0.25, 0.3) is 22.4 Å². The van der Waals surface area contributed by atoms with Crippen LogP contribution in [-0.4, -0.2) is 36.3 Å². The summed E-state index contributed by atoms with van der Waals surface area (Å²) in [5.74, 6) is 1.62. The van der Waals surface area contributed by atoms with E-state index in [1.54, 1.807) is 4.68 Å². The first kappa shape index (κ1) is 21.8. The molecule has 35 heavy (non-hydrogen) atoms. The van der Waals surface area contributed by atoms with E-state index in [2.05, 4.69) is 75.2 Å². The maximum atomic E-state index is 6.32. The molecule has 2 aromatic carbocycles. The minimum atomic E-state index is 0.658. The number of anilines is 1. The van der Waals surface area contributed by atoms with E-state index < -0.39 is 0 Å². The van der Waals surface area contributed by atoms with Gasteiger partial charge >= 0.3 is 0 Å². The lowest BCUT2D eigenvalue weighted by atomic mass is 10.00. The molecular formula is C27H26ClN7. The maximum absolute atomic E-state index is 6.32. The summed E-state index contributed by atoms with van der Waals surface area (Å²) < 4.78 is 4.05. The molecule has 6 rings (SSSR count). The monoisotopic (exact) mass is 483 g/mol. The fourth-order valence-corrected chi connectivity index (χ4v) is 5.33. The minimum Gasteiger partial charge on any atom is -0.350 e. The van der Waals surface area contributed by atoms with Crippen LogP contribution < -0.4 is 4.90 Å². The van der Waals surface area contributed by atoms with Gasteiger partial charge in [-0.15, -0.1) is 5.10 Å². The van der Waals surface area contributed by atoms with Crippen molar-refractivity contribution in [1.29, 1.82) is 0 Å². The van der Waals surface area contributed by atoms with Crippen LogP contribution in [0.3, 0.4) is 0 Å². The Kier molecular flexibility index (Phi) is 5.29. The topological polar surface area (TPSA) is 64.7 Å². The molecule has 4 heterocycles. The molecular weight excluding hydrogens is 458 g/mol. The van der Waals surface area contributed by atoms with Crippen molar-refractivity contribution in [3.05, 3.63) is 87.6 Å². The number of hydrogen-bond donors (Lipinski definition) is 0. The number of aromatic nitrogens is 6. The lowest BCUT2D eigenvalue weighted by Crippen LogP contribution is -2.31. The number of halogens is 1. The molecule has 0 amide bonds. The van der Waals surface area contributed by atoms with Gasteiger partial charge in [0.25, 0.3) is 0 Å². The molecule has 0 N–H and O–H groups in total. The Bertz CT molecular complexity index is 1570. The van der Waals surface area contributed by atoms with Crippen LogP contribution in [0.1, 0.15) is 27.9 Å². The summed E-state index contributed by atoms with van der Waals surface area (Å²) in [5.41, 5.74) is 8.29. The first-order valence-corrected chi connectivity index (χ1v) is 12.2. The van der Waals surface area contributed by atoms with Crippen LogP contribution >= 0.6 is 11.6 Å². The van der Waals surface area contributed by atoms with Crippen molar-refractivity contribution in [1.82, 2.24) is 29.8 Å². The zero-order valence-electron chi connectivity index (χ0n) is 20.0. The van der Waals surface area contributed by atoms with Gasteiger partial charge in [0.2, 0.25) is 5.82 Å². The summed E-state index contributed by atoms with van der Waals surface area (Å²) in [6, 6.07) is 18.9. The summed E-state index contributed by atoms with van der Waals surface area (Å²) in [7, 11) is 1.85. The van der Waals surface area contributed by atoms with Crippen molar-refractivity contribution < 1.29 is 0 Å². The zero-order valence-corrected chi connectivity index (χ0v) is 20.8. The first-order chi connectivity index (χ1) is 17.0. The number of pyridine rings is 1. The van der Waals surface area contributed by atoms with Crippen LogP contribution in [0.15, 0.2) is 54.6 Å². The van der Waals surface area contributed by atoms with E-state index in [1.165, 1.54) is 27.8 Å². The van der Waals surface area contributed by atoms with E-state index in [-0.39, 0.29) is 0 Å². The van der Waals surface area contributed by atoms with Gasteiger partial charge in [0.15, 0.2) is 5.82 Å². The minimum absolute atomic E-state index is 0.658. The smallest absolute Gasteiger partial charge is 0.200 e. The van der Waals surface area contributed by atoms with E-state index in [0.29, 0.717) is 5.82 Å². The van der Waals surface area contributed by atoms with Crippen LogP contribution in [0.4, 0.5) is 5.82 Å². The number of benzene rings is 2. The van der Waals surface area contributed by atoms with Crippen molar-refractivity contribution >= 4 is 28.3 Å². The van der Waals surface area contributed by atoms with Crippen molar-refractivity contribution in [3.8, 4) is 11.5 Å². The summed E-state index contributed by atoms with van der Waals surface area (Å²) in [5, 5.41) is 14.1. The summed E-state index contributed by atoms with van der Waals surface area (Å²) in [4.78, 5) is 7.58. The van der Waals surface area contributed by atoms with E-state index >= 15 is 0 Å². The third kappa shape index (κ3) is 3.76. The first-order valence-electron chi connectivity index (χ1n) is 11.8. The SMILES string of the molecule is Cc1c(C)n(Cc2cccc(Cl)c2)c2c(N3CCc4ccccc4C3)nc(-c3nnnn3C)cc12. The van der Waals surface area contributed by atoms with Gasteiger partial charge in [0.1, 0.15) is 5.69 Å². The molecule has 0 radical (unpaired) electrons. The van der Waals surface area contributed by atoms with Crippen molar-refractivity contribution in [2.24, 2.45) is 7.05 Å². The van der Waals surface area contributed by atoms with E-state index in [1.807, 2.05) is 25.2 Å². The third-order valence-corrected chi connectivity index (χ3v) is 7.34. The lowest BCUT2D eigenvalue weighted by molar-refractivity contribution is 0.709. The van der Waals surface area contributed by atoms with E-state index in [4.69, 9.17) is 16.6 Å². The number of aryl methyl sites for hydroxylation is 2. The second-order valence-corrected chi connectivity index (χ2v) is 9.66. The quantitative estimate of drug-likeness (QED) is 0.355. The Hall–Kier alpha value is -3.71. The highest BCUT2D eigenvalue weighted by atomic mass is 35.5. The van der Waals surface area contributed by atoms with Crippen molar-refractivity contribution in [2.45, 2.75) is 33.4 Å². The summed E-state index contributed by atoms with van der Waals surface area (Å²) in [6.45, 7) is 6.80. The normalized spacial score (nSPS) is 13.4. The Balaban J connectivity index is 1.57. The van der Waals surface area contributed by atoms with E-state index in [0.717, 1.165) is 53.7 Å². The van der Waals surface area contributed by atoms with Crippen LogP contribution in [0.5, 0.6) is 0 Å². The Morgan fingerprint density at radius 3 is 2.60 bits per heavy atom. The molecule has 0 fully saturated rings. The average Bonchev–Trinajstić information content (AvgIpc) is 3.40. The molecule has 1 aliphatic rings. The Morgan fingerprint density at radius 2 is 1.83 bits per heavy atom. The summed E-state index contributed by atoms with van der Waals surface area (Å²) >= 11 is 6.32. The second-order valence-electron chi connectivity index (χ2n) is 9.22. The van der Waals surface area contributed by atoms with Crippen LogP contribution in [0, 0.1) is 13.8 Å². The predicted octanol–water partition coefficient (Wildman–Crippen LogP) is 5.11. The number of rotatable bonds is 4. The molecule has 3 aromatic heterocycles. The van der Waals surface area contributed by atoms with Crippen molar-refractivity contribution in [2.75, 3.05) is 11.4 Å². The average molecular weight is 484 g/mol. The highest BCUT2D eigenvalue weighted by Crippen LogP contribution is 2.37. The number of tetrazole rings is 1. The molecule has 1 aliphatic heterocycles. The molecule has 176 valence electrons. The molecule has 7 nitrogen and oxygen atoms in total. The standard InChI is InChI=1S/C27H26ClN7/c1-17-18(2)35(15-19-7-6-10-22(28)13-19)25-23(17)14-24(26-30-31-32-33(26)3)29-27(25)34-12-11-20-8-4-5-9-21(20)16-34/h4-10,13-14H,11-12,15-16H2,1-3H3. The highest BCUT2D eigenvalue weighted by Gasteiger charge is 2.25. The molecule has 5 aromatic rings. The van der Waals surface area contributed by atoms with Gasteiger partial charge in [0, 0.05) is 42.8 Å². The molecule has 0 atom stereocenters. The van der Waals surface area contributed by atoms with Crippen LogP contribution in [-0.2, 0) is 26.6 Å². The van der Waals surface area contributed by atoms with Gasteiger partial charge in [-0.1, -0.05) is 48.0 Å². The van der Waals surface area contributed by atoms with E-state index in [9.17, 15) is 0 Å².